The first-order chi connectivity index (χ1) is 2.89. The van der Waals surface area contributed by atoms with Crippen LogP contribution in [0, 0.1) is 12.8 Å². The molecule has 6 heavy (non-hydrogen) atoms. The fourth-order valence-corrected chi connectivity index (χ4v) is 0.449. The molecule has 0 unspecified atom stereocenters. The molecule has 0 heterocycles. The summed E-state index contributed by atoms with van der Waals surface area (Å²) in [7, 11) is 0. The summed E-state index contributed by atoms with van der Waals surface area (Å²) in [6.45, 7) is 5.36. The van der Waals surface area contributed by atoms with E-state index in [1.54, 1.807) is 0 Å². The summed E-state index contributed by atoms with van der Waals surface area (Å²) < 4.78 is 0. The predicted octanol–water partition coefficient (Wildman–Crippen LogP) is 1.44. The Labute approximate surface area is 38.2 Å². The Morgan fingerprint density at radius 3 is 1.83 bits per heavy atom. The SMILES string of the molecule is [CH]C1C=CC=C1. The number of hydrogen-bond acceptors (Lipinski definition) is 0. The van der Waals surface area contributed by atoms with Gasteiger partial charge >= 0.3 is 0 Å². The average Bonchev–Trinajstić information content (AvgIpc) is 1.86. The van der Waals surface area contributed by atoms with Crippen molar-refractivity contribution >= 4 is 0 Å². The Bertz CT molecular complexity index is 76.2. The Kier molecular flexibility index (Phi) is 0.789. The first kappa shape index (κ1) is 3.66. The maximum atomic E-state index is 5.36. The number of allylic oxidation sites excluding steroid dienone is 4. The first-order valence-electron chi connectivity index (χ1n) is 2.00. The largest absolute Gasteiger partial charge is 0.0773 e. The van der Waals surface area contributed by atoms with Crippen LogP contribution in [-0.4, -0.2) is 0 Å². The van der Waals surface area contributed by atoms with Crippen LogP contribution in [0.2, 0.25) is 0 Å². The molecule has 1 rings (SSSR count). The van der Waals surface area contributed by atoms with Crippen molar-refractivity contribution in [3.8, 4) is 0 Å². The smallest absolute Gasteiger partial charge is 0.00128 e. The van der Waals surface area contributed by atoms with Crippen LogP contribution in [0.5, 0.6) is 0 Å². The summed E-state index contributed by atoms with van der Waals surface area (Å²) in [4.78, 5) is 0. The summed E-state index contributed by atoms with van der Waals surface area (Å²) in [5, 5.41) is 0. The molecule has 0 spiro atoms. The fraction of sp³-hybridized carbons (Fsp3) is 0.167. The highest BCUT2D eigenvalue weighted by atomic mass is 14.0. The van der Waals surface area contributed by atoms with Crippen LogP contribution >= 0.6 is 0 Å². The van der Waals surface area contributed by atoms with Crippen molar-refractivity contribution in [2.75, 3.05) is 0 Å². The van der Waals surface area contributed by atoms with Crippen LogP contribution in [0.1, 0.15) is 0 Å². The van der Waals surface area contributed by atoms with E-state index in [1.807, 2.05) is 24.3 Å². The second kappa shape index (κ2) is 1.29. The van der Waals surface area contributed by atoms with Gasteiger partial charge in [0.15, 0.2) is 0 Å². The summed E-state index contributed by atoms with van der Waals surface area (Å²) in [5.74, 6) is 0.185. The van der Waals surface area contributed by atoms with Gasteiger partial charge in [-0.1, -0.05) is 24.3 Å². The molecule has 0 aromatic rings. The van der Waals surface area contributed by atoms with Gasteiger partial charge in [0.1, 0.15) is 0 Å². The van der Waals surface area contributed by atoms with Crippen LogP contribution in [0.25, 0.3) is 0 Å². The highest BCUT2D eigenvalue weighted by molar-refractivity contribution is 5.17. The van der Waals surface area contributed by atoms with Gasteiger partial charge in [-0.05, 0) is 12.8 Å². The van der Waals surface area contributed by atoms with Gasteiger partial charge in [-0.25, -0.2) is 0 Å². The van der Waals surface area contributed by atoms with Gasteiger partial charge in [-0.3, -0.25) is 0 Å². The lowest BCUT2D eigenvalue weighted by molar-refractivity contribution is 1.09. The van der Waals surface area contributed by atoms with Gasteiger partial charge in [0.05, 0.1) is 0 Å². The minimum atomic E-state index is 0.185. The van der Waals surface area contributed by atoms with E-state index in [2.05, 4.69) is 0 Å². The van der Waals surface area contributed by atoms with Crippen LogP contribution in [0.4, 0.5) is 0 Å². The van der Waals surface area contributed by atoms with E-state index in [9.17, 15) is 0 Å². The van der Waals surface area contributed by atoms with Crippen molar-refractivity contribution < 1.29 is 0 Å². The first-order valence-corrected chi connectivity index (χ1v) is 2.00. The second-order valence-corrected chi connectivity index (χ2v) is 1.35. The molecule has 0 aliphatic heterocycles. The lowest BCUT2D eigenvalue weighted by Gasteiger charge is -1.83. The van der Waals surface area contributed by atoms with Crippen molar-refractivity contribution in [1.82, 2.24) is 0 Å². The monoisotopic (exact) mass is 78.0 g/mol. The minimum absolute atomic E-state index is 0.185. The van der Waals surface area contributed by atoms with Gasteiger partial charge in [0.2, 0.25) is 0 Å². The molecule has 0 heteroatoms. The minimum Gasteiger partial charge on any atom is -0.0773 e. The number of hydrogen-bond donors (Lipinski definition) is 0. The topological polar surface area (TPSA) is 0 Å². The Hall–Kier alpha value is -0.520. The van der Waals surface area contributed by atoms with Crippen molar-refractivity contribution in [2.45, 2.75) is 0 Å². The molecule has 2 radical (unpaired) electrons. The summed E-state index contributed by atoms with van der Waals surface area (Å²) in [6.07, 6.45) is 7.79. The Morgan fingerprint density at radius 1 is 1.17 bits per heavy atom. The third kappa shape index (κ3) is 0.510. The van der Waals surface area contributed by atoms with Gasteiger partial charge in [0, 0.05) is 0 Å². The molecule has 1 aliphatic carbocycles. The molecule has 1 aliphatic rings. The van der Waals surface area contributed by atoms with Crippen LogP contribution in [-0.2, 0) is 0 Å². The quantitative estimate of drug-likeness (QED) is 0.411. The molecule has 0 aromatic carbocycles. The molecule has 30 valence electrons. The molecule has 0 amide bonds. The zero-order chi connectivity index (χ0) is 4.41. The van der Waals surface area contributed by atoms with Crippen molar-refractivity contribution in [3.63, 3.8) is 0 Å². The standard InChI is InChI=1S/C6H6/c1-6-4-2-3-5-6/h1-6H. The highest BCUT2D eigenvalue weighted by Gasteiger charge is 1.90. The Morgan fingerprint density at radius 2 is 1.67 bits per heavy atom. The Balaban J connectivity index is 2.60. The molecular formula is C6H6. The molecule has 0 saturated carbocycles. The maximum Gasteiger partial charge on any atom is -0.00128 e. The second-order valence-electron chi connectivity index (χ2n) is 1.35. The van der Waals surface area contributed by atoms with Gasteiger partial charge in [0.25, 0.3) is 0 Å². The van der Waals surface area contributed by atoms with Gasteiger partial charge in [-0.2, -0.15) is 0 Å². The summed E-state index contributed by atoms with van der Waals surface area (Å²) >= 11 is 0. The lowest BCUT2D eigenvalue weighted by Crippen LogP contribution is -1.72. The summed E-state index contributed by atoms with van der Waals surface area (Å²) in [5.41, 5.74) is 0. The van der Waals surface area contributed by atoms with Gasteiger partial charge in [-0.15, -0.1) is 0 Å². The lowest BCUT2D eigenvalue weighted by atomic mass is 10.2. The van der Waals surface area contributed by atoms with Gasteiger partial charge < -0.3 is 0 Å². The van der Waals surface area contributed by atoms with Crippen LogP contribution < -0.4 is 0 Å². The van der Waals surface area contributed by atoms with E-state index >= 15 is 0 Å². The zero-order valence-corrected chi connectivity index (χ0v) is 3.46. The number of rotatable bonds is 0. The van der Waals surface area contributed by atoms with Crippen molar-refractivity contribution in [2.24, 2.45) is 5.92 Å². The molecular weight excluding hydrogens is 72.1 g/mol. The van der Waals surface area contributed by atoms with Crippen LogP contribution in [0.3, 0.4) is 0 Å². The third-order valence-corrected chi connectivity index (χ3v) is 0.778. The molecule has 0 fully saturated rings. The average molecular weight is 78.1 g/mol. The van der Waals surface area contributed by atoms with E-state index in [-0.39, 0.29) is 5.92 Å². The third-order valence-electron chi connectivity index (χ3n) is 0.778. The molecule has 0 aromatic heterocycles. The van der Waals surface area contributed by atoms with Crippen LogP contribution in [0.15, 0.2) is 24.3 Å². The van der Waals surface area contributed by atoms with E-state index in [1.165, 1.54) is 0 Å². The van der Waals surface area contributed by atoms with E-state index in [0.717, 1.165) is 0 Å². The zero-order valence-electron chi connectivity index (χ0n) is 3.46. The normalized spacial score (nSPS) is 20.2. The van der Waals surface area contributed by atoms with E-state index in [0.29, 0.717) is 0 Å². The van der Waals surface area contributed by atoms with E-state index in [4.69, 9.17) is 6.92 Å². The maximum absolute atomic E-state index is 5.36. The van der Waals surface area contributed by atoms with Crippen molar-refractivity contribution in [1.29, 1.82) is 0 Å². The fourth-order valence-electron chi connectivity index (χ4n) is 0.449. The predicted molar refractivity (Wildman–Crippen MR) is 26.1 cm³/mol. The van der Waals surface area contributed by atoms with E-state index < -0.39 is 0 Å². The molecule has 0 bridgehead atoms. The molecule has 0 nitrogen and oxygen atoms in total. The van der Waals surface area contributed by atoms with Crippen molar-refractivity contribution in [3.05, 3.63) is 31.2 Å². The molecule has 0 saturated heterocycles. The molecule has 0 N–H and O–H groups in total. The highest BCUT2D eigenvalue weighted by Crippen LogP contribution is 2.04. The summed E-state index contributed by atoms with van der Waals surface area (Å²) in [6, 6.07) is 0. The molecule has 0 atom stereocenters.